The molecule has 13 aromatic rings. The number of para-hydroxylation sites is 2. The third-order valence-corrected chi connectivity index (χ3v) is 13.4. The van der Waals surface area contributed by atoms with Gasteiger partial charge in [-0.15, -0.1) is 11.3 Å². The van der Waals surface area contributed by atoms with Gasteiger partial charge in [-0.2, -0.15) is 0 Å². The number of hydrogen-bond acceptors (Lipinski definition) is 7. The van der Waals surface area contributed by atoms with E-state index in [1.807, 2.05) is 48.8 Å². The largest absolute Gasteiger partial charge is 0.456 e. The third kappa shape index (κ3) is 6.40. The number of furan rings is 2. The Hall–Kier alpha value is -8.52. The van der Waals surface area contributed by atoms with Crippen molar-refractivity contribution in [2.45, 2.75) is 0 Å². The third-order valence-electron chi connectivity index (χ3n) is 12.4. The lowest BCUT2D eigenvalue weighted by atomic mass is 10.0. The topological polar surface area (TPSA) is 58.5 Å². The molecule has 0 amide bonds. The molecular formula is C58H36N4O2S. The summed E-state index contributed by atoms with van der Waals surface area (Å²) >= 11 is 1.72. The Balaban J connectivity index is 0.929. The van der Waals surface area contributed by atoms with Crippen molar-refractivity contribution in [3.05, 3.63) is 219 Å². The zero-order chi connectivity index (χ0) is 42.8. The molecule has 0 saturated heterocycles. The second-order valence-corrected chi connectivity index (χ2v) is 17.3. The molecule has 5 aromatic heterocycles. The summed E-state index contributed by atoms with van der Waals surface area (Å²) in [6, 6.07) is 72.1. The van der Waals surface area contributed by atoms with E-state index < -0.39 is 0 Å². The molecule has 7 heteroatoms. The summed E-state index contributed by atoms with van der Waals surface area (Å²) in [5, 5.41) is 5.38. The molecule has 0 bridgehead atoms. The van der Waals surface area contributed by atoms with Crippen molar-refractivity contribution in [1.82, 2.24) is 9.97 Å². The van der Waals surface area contributed by atoms with E-state index in [-0.39, 0.29) is 0 Å². The predicted octanol–water partition coefficient (Wildman–Crippen LogP) is 16.9. The van der Waals surface area contributed by atoms with Crippen LogP contribution in [0, 0.1) is 0 Å². The lowest BCUT2D eigenvalue weighted by Crippen LogP contribution is -2.11. The van der Waals surface area contributed by atoms with Gasteiger partial charge in [0, 0.05) is 67.0 Å². The zero-order valence-corrected chi connectivity index (χ0v) is 35.6. The van der Waals surface area contributed by atoms with Gasteiger partial charge in [0.25, 0.3) is 0 Å². The standard InChI is InChI=1S/C58H36N4O2S/c1-3-11-37(12-4-1)39-19-23-41(24-20-39)61(43-27-29-48-46-15-7-9-17-51(46)63-53(48)31-43)45-33-56-58(60-35-45)50-36-59-57(34-55(50)65-56)62(42-25-21-40(22-26-42)38-13-5-2-6-14-38)44-28-30-49-47-16-8-10-18-52(47)64-54(49)32-44/h1-36H. The summed E-state index contributed by atoms with van der Waals surface area (Å²) in [5.41, 5.74) is 13.8. The Morgan fingerprint density at radius 3 is 1.38 bits per heavy atom. The molecule has 6 nitrogen and oxygen atoms in total. The number of fused-ring (bicyclic) bond motifs is 9. The van der Waals surface area contributed by atoms with Crippen LogP contribution in [-0.4, -0.2) is 9.97 Å². The van der Waals surface area contributed by atoms with Crippen LogP contribution in [0.2, 0.25) is 0 Å². The first-order chi connectivity index (χ1) is 32.2. The van der Waals surface area contributed by atoms with E-state index in [4.69, 9.17) is 18.8 Å². The van der Waals surface area contributed by atoms with Crippen LogP contribution >= 0.6 is 11.3 Å². The van der Waals surface area contributed by atoms with Crippen LogP contribution in [0.25, 0.3) is 86.4 Å². The summed E-state index contributed by atoms with van der Waals surface area (Å²) in [7, 11) is 0. The van der Waals surface area contributed by atoms with Crippen LogP contribution in [0.15, 0.2) is 227 Å². The normalized spacial score (nSPS) is 11.7. The van der Waals surface area contributed by atoms with Crippen molar-refractivity contribution in [2.75, 3.05) is 9.80 Å². The highest BCUT2D eigenvalue weighted by Crippen LogP contribution is 2.44. The zero-order valence-electron chi connectivity index (χ0n) is 34.8. The molecule has 0 fully saturated rings. The maximum atomic E-state index is 6.40. The Kier molecular flexibility index (Phi) is 8.60. The summed E-state index contributed by atoms with van der Waals surface area (Å²) < 4.78 is 15.0. The Morgan fingerprint density at radius 1 is 0.323 bits per heavy atom. The number of nitrogens with zero attached hydrogens (tertiary/aromatic N) is 4. The maximum Gasteiger partial charge on any atom is 0.138 e. The predicted molar refractivity (Wildman–Crippen MR) is 270 cm³/mol. The molecule has 13 rings (SSSR count). The van der Waals surface area contributed by atoms with Gasteiger partial charge in [0.2, 0.25) is 0 Å². The van der Waals surface area contributed by atoms with Crippen LogP contribution in [0.1, 0.15) is 0 Å². The van der Waals surface area contributed by atoms with Crippen molar-refractivity contribution < 1.29 is 8.83 Å². The SMILES string of the molecule is c1ccc(-c2ccc(N(c3ccc4c(c3)oc3ccccc34)c3cnc4c(c3)sc3cc(N(c5ccc(-c6ccccc6)cc5)c5ccc6c(c5)oc5ccccc56)ncc34)cc2)cc1. The van der Waals surface area contributed by atoms with E-state index in [9.17, 15) is 0 Å². The first-order valence-electron chi connectivity index (χ1n) is 21.6. The fourth-order valence-electron chi connectivity index (χ4n) is 9.20. The van der Waals surface area contributed by atoms with Gasteiger partial charge in [-0.1, -0.05) is 121 Å². The van der Waals surface area contributed by atoms with Crippen LogP contribution in [0.3, 0.4) is 0 Å². The lowest BCUT2D eigenvalue weighted by molar-refractivity contribution is 0.668. The Bertz CT molecular complexity index is 3640. The van der Waals surface area contributed by atoms with Gasteiger partial charge in [0.15, 0.2) is 0 Å². The summed E-state index contributed by atoms with van der Waals surface area (Å²) in [6.07, 6.45) is 3.94. The molecule has 306 valence electrons. The minimum atomic E-state index is 0.798. The summed E-state index contributed by atoms with van der Waals surface area (Å²) in [6.45, 7) is 0. The van der Waals surface area contributed by atoms with Gasteiger partial charge < -0.3 is 13.7 Å². The number of hydrogen-bond donors (Lipinski definition) is 0. The second kappa shape index (κ2) is 15.1. The Labute approximate surface area is 377 Å². The fourth-order valence-corrected chi connectivity index (χ4v) is 10.3. The minimum Gasteiger partial charge on any atom is -0.456 e. The van der Waals surface area contributed by atoms with Crippen LogP contribution in [-0.2, 0) is 0 Å². The quantitative estimate of drug-likeness (QED) is 0.152. The fraction of sp³-hybridized carbons (Fsp3) is 0. The molecule has 5 heterocycles. The molecule has 0 N–H and O–H groups in total. The highest BCUT2D eigenvalue weighted by Gasteiger charge is 2.21. The van der Waals surface area contributed by atoms with Crippen molar-refractivity contribution in [3.63, 3.8) is 0 Å². The molecule has 8 aromatic carbocycles. The van der Waals surface area contributed by atoms with E-state index in [0.29, 0.717) is 0 Å². The van der Waals surface area contributed by atoms with E-state index in [1.165, 1.54) is 11.1 Å². The number of pyridine rings is 2. The van der Waals surface area contributed by atoms with Gasteiger partial charge in [0.1, 0.15) is 28.1 Å². The number of benzene rings is 8. The summed E-state index contributed by atoms with van der Waals surface area (Å²) in [4.78, 5) is 14.8. The smallest absolute Gasteiger partial charge is 0.138 e. The molecule has 65 heavy (non-hydrogen) atoms. The molecule has 0 spiro atoms. The van der Waals surface area contributed by atoms with Crippen molar-refractivity contribution in [1.29, 1.82) is 0 Å². The minimum absolute atomic E-state index is 0.798. The highest BCUT2D eigenvalue weighted by atomic mass is 32.1. The average molecular weight is 853 g/mol. The molecule has 0 unspecified atom stereocenters. The second-order valence-electron chi connectivity index (χ2n) is 16.2. The van der Waals surface area contributed by atoms with Gasteiger partial charge in [-0.25, -0.2) is 4.98 Å². The lowest BCUT2D eigenvalue weighted by Gasteiger charge is -2.25. The van der Waals surface area contributed by atoms with Crippen LogP contribution in [0.4, 0.5) is 34.3 Å². The van der Waals surface area contributed by atoms with Gasteiger partial charge in [-0.05, 0) is 95.1 Å². The van der Waals surface area contributed by atoms with E-state index in [0.717, 1.165) is 110 Å². The van der Waals surface area contributed by atoms with Gasteiger partial charge in [0.05, 0.1) is 27.8 Å². The van der Waals surface area contributed by atoms with E-state index in [1.54, 1.807) is 11.3 Å². The number of rotatable bonds is 8. The van der Waals surface area contributed by atoms with E-state index in [2.05, 4.69) is 180 Å². The van der Waals surface area contributed by atoms with Crippen molar-refractivity contribution in [3.8, 4) is 22.3 Å². The summed E-state index contributed by atoms with van der Waals surface area (Å²) in [5.74, 6) is 0.798. The maximum absolute atomic E-state index is 6.40. The van der Waals surface area contributed by atoms with Crippen LogP contribution in [0.5, 0.6) is 0 Å². The molecule has 0 atom stereocenters. The molecule has 0 radical (unpaired) electrons. The Morgan fingerprint density at radius 2 is 0.800 bits per heavy atom. The first-order valence-corrected chi connectivity index (χ1v) is 22.4. The molecule has 0 aliphatic carbocycles. The van der Waals surface area contributed by atoms with Crippen molar-refractivity contribution in [2.24, 2.45) is 0 Å². The van der Waals surface area contributed by atoms with E-state index >= 15 is 0 Å². The molecule has 0 aliphatic rings. The number of aromatic nitrogens is 2. The highest BCUT2D eigenvalue weighted by molar-refractivity contribution is 7.25. The molecule has 0 saturated carbocycles. The average Bonchev–Trinajstić information content (AvgIpc) is 4.05. The monoisotopic (exact) mass is 852 g/mol. The number of thiophene rings is 1. The van der Waals surface area contributed by atoms with Crippen molar-refractivity contribution >= 4 is 110 Å². The molecule has 0 aliphatic heterocycles. The molecular weight excluding hydrogens is 817 g/mol. The number of anilines is 6. The first kappa shape index (κ1) is 37.1. The van der Waals surface area contributed by atoms with Gasteiger partial charge >= 0.3 is 0 Å². The van der Waals surface area contributed by atoms with Gasteiger partial charge in [-0.3, -0.25) is 9.88 Å². The van der Waals surface area contributed by atoms with Crippen LogP contribution < -0.4 is 9.80 Å².